The van der Waals surface area contributed by atoms with Crippen LogP contribution in [0.4, 0.5) is 4.39 Å². The summed E-state index contributed by atoms with van der Waals surface area (Å²) < 4.78 is 13.3. The first-order chi connectivity index (χ1) is 12.0. The van der Waals surface area contributed by atoms with Crippen molar-refractivity contribution >= 4 is 17.5 Å². The third-order valence-electron chi connectivity index (χ3n) is 4.59. The van der Waals surface area contributed by atoms with Crippen LogP contribution in [0.2, 0.25) is 5.02 Å². The van der Waals surface area contributed by atoms with Crippen LogP contribution in [-0.4, -0.2) is 23.9 Å². The van der Waals surface area contributed by atoms with Gasteiger partial charge in [0, 0.05) is 12.1 Å². The van der Waals surface area contributed by atoms with Crippen LogP contribution in [0.5, 0.6) is 0 Å². The van der Waals surface area contributed by atoms with Crippen molar-refractivity contribution in [2.24, 2.45) is 0 Å². The minimum atomic E-state index is -0.460. The maximum Gasteiger partial charge on any atom is 0.251 e. The van der Waals surface area contributed by atoms with E-state index in [0.29, 0.717) is 5.56 Å². The molecule has 1 saturated heterocycles. The van der Waals surface area contributed by atoms with Crippen LogP contribution in [-0.2, 0) is 6.54 Å². The molecule has 2 aromatic rings. The minimum Gasteiger partial charge on any atom is -0.346 e. The van der Waals surface area contributed by atoms with Gasteiger partial charge in [0.05, 0.1) is 11.1 Å². The number of carbonyl (C=O) groups excluding carboxylic acids is 1. The Morgan fingerprint density at radius 1 is 1.24 bits per heavy atom. The van der Waals surface area contributed by atoms with Crippen molar-refractivity contribution < 1.29 is 9.18 Å². The van der Waals surface area contributed by atoms with Crippen LogP contribution in [0, 0.1) is 5.82 Å². The van der Waals surface area contributed by atoms with E-state index in [9.17, 15) is 9.18 Å². The van der Waals surface area contributed by atoms with Crippen molar-refractivity contribution in [3.8, 4) is 0 Å². The predicted molar refractivity (Wildman–Crippen MR) is 98.2 cm³/mol. The molecule has 0 bridgehead atoms. The van der Waals surface area contributed by atoms with Crippen molar-refractivity contribution in [3.63, 3.8) is 0 Å². The number of hydrogen-bond donors (Lipinski definition) is 1. The van der Waals surface area contributed by atoms with Gasteiger partial charge in [-0.15, -0.1) is 0 Å². The van der Waals surface area contributed by atoms with E-state index in [4.69, 9.17) is 11.6 Å². The summed E-state index contributed by atoms with van der Waals surface area (Å²) in [6, 6.07) is 12.0. The molecule has 1 aliphatic heterocycles. The van der Waals surface area contributed by atoms with Crippen molar-refractivity contribution in [3.05, 3.63) is 70.0 Å². The molecule has 132 valence electrons. The number of carbonyl (C=O) groups is 1. The van der Waals surface area contributed by atoms with Gasteiger partial charge in [-0.05, 0) is 68.2 Å². The Morgan fingerprint density at radius 2 is 2.00 bits per heavy atom. The summed E-state index contributed by atoms with van der Waals surface area (Å²) in [5.74, 6) is -0.602. The third-order valence-corrected chi connectivity index (χ3v) is 4.87. The smallest absolute Gasteiger partial charge is 0.251 e. The van der Waals surface area contributed by atoms with E-state index in [1.54, 1.807) is 12.1 Å². The SMILES string of the molecule is CC(NC(=O)c1cccc(CN2CCCC2)c1)c1ccc(F)c(Cl)c1. The zero-order valence-electron chi connectivity index (χ0n) is 14.3. The summed E-state index contributed by atoms with van der Waals surface area (Å²) in [4.78, 5) is 14.9. The Bertz CT molecular complexity index is 759. The molecule has 1 heterocycles. The Kier molecular flexibility index (Phi) is 5.71. The summed E-state index contributed by atoms with van der Waals surface area (Å²) >= 11 is 5.82. The van der Waals surface area contributed by atoms with Gasteiger partial charge in [0.25, 0.3) is 5.91 Å². The molecule has 3 rings (SSSR count). The number of nitrogens with one attached hydrogen (secondary N) is 1. The highest BCUT2D eigenvalue weighted by atomic mass is 35.5. The van der Waals surface area contributed by atoms with Crippen LogP contribution in [0.15, 0.2) is 42.5 Å². The predicted octanol–water partition coefficient (Wildman–Crippen LogP) is 4.57. The van der Waals surface area contributed by atoms with Gasteiger partial charge >= 0.3 is 0 Å². The fourth-order valence-corrected chi connectivity index (χ4v) is 3.34. The topological polar surface area (TPSA) is 32.3 Å². The molecule has 1 amide bonds. The lowest BCUT2D eigenvalue weighted by atomic mass is 10.1. The fourth-order valence-electron chi connectivity index (χ4n) is 3.15. The third kappa shape index (κ3) is 4.59. The van der Waals surface area contributed by atoms with Crippen LogP contribution >= 0.6 is 11.6 Å². The Balaban J connectivity index is 1.66. The lowest BCUT2D eigenvalue weighted by Gasteiger charge is -2.17. The summed E-state index contributed by atoms with van der Waals surface area (Å²) in [7, 11) is 0. The molecule has 0 radical (unpaired) electrons. The van der Waals surface area contributed by atoms with Crippen molar-refractivity contribution in [1.29, 1.82) is 0 Å². The number of nitrogens with zero attached hydrogens (tertiary/aromatic N) is 1. The quantitative estimate of drug-likeness (QED) is 0.847. The summed E-state index contributed by atoms with van der Waals surface area (Å²) in [5.41, 5.74) is 2.55. The van der Waals surface area contributed by atoms with E-state index in [0.717, 1.165) is 30.8 Å². The second kappa shape index (κ2) is 7.98. The molecule has 25 heavy (non-hydrogen) atoms. The van der Waals surface area contributed by atoms with E-state index in [1.165, 1.54) is 18.9 Å². The number of halogens is 2. The van der Waals surface area contributed by atoms with Crippen LogP contribution in [0.25, 0.3) is 0 Å². The average molecular weight is 361 g/mol. The molecule has 0 saturated carbocycles. The van der Waals surface area contributed by atoms with Gasteiger partial charge < -0.3 is 5.32 Å². The van der Waals surface area contributed by atoms with Crippen molar-refractivity contribution in [2.75, 3.05) is 13.1 Å². The van der Waals surface area contributed by atoms with Gasteiger partial charge in [0.1, 0.15) is 5.82 Å². The van der Waals surface area contributed by atoms with Crippen LogP contribution in [0.1, 0.15) is 47.3 Å². The number of rotatable bonds is 5. The first kappa shape index (κ1) is 17.9. The Labute approximate surface area is 152 Å². The lowest BCUT2D eigenvalue weighted by molar-refractivity contribution is 0.0939. The molecular weight excluding hydrogens is 339 g/mol. The van der Waals surface area contributed by atoms with Gasteiger partial charge in [0.2, 0.25) is 0 Å². The molecule has 1 N–H and O–H groups in total. The molecule has 2 aromatic carbocycles. The van der Waals surface area contributed by atoms with E-state index in [1.807, 2.05) is 25.1 Å². The second-order valence-corrected chi connectivity index (χ2v) is 6.96. The van der Waals surface area contributed by atoms with Gasteiger partial charge in [-0.25, -0.2) is 4.39 Å². The number of likely N-dealkylation sites (tertiary alicyclic amines) is 1. The molecule has 1 fully saturated rings. The van der Waals surface area contributed by atoms with Crippen LogP contribution in [0.3, 0.4) is 0 Å². The van der Waals surface area contributed by atoms with Crippen LogP contribution < -0.4 is 5.32 Å². The van der Waals surface area contributed by atoms with E-state index in [-0.39, 0.29) is 17.0 Å². The highest BCUT2D eigenvalue weighted by Gasteiger charge is 2.15. The molecule has 1 unspecified atom stereocenters. The molecule has 0 aliphatic carbocycles. The van der Waals surface area contributed by atoms with Gasteiger partial charge in [-0.3, -0.25) is 9.69 Å². The monoisotopic (exact) mass is 360 g/mol. The highest BCUT2D eigenvalue weighted by Crippen LogP contribution is 2.21. The zero-order chi connectivity index (χ0) is 17.8. The van der Waals surface area contributed by atoms with Gasteiger partial charge in [0.15, 0.2) is 0 Å². The molecule has 3 nitrogen and oxygen atoms in total. The lowest BCUT2D eigenvalue weighted by Crippen LogP contribution is -2.27. The van der Waals surface area contributed by atoms with E-state index in [2.05, 4.69) is 16.3 Å². The number of amides is 1. The fraction of sp³-hybridized carbons (Fsp3) is 0.350. The standard InChI is InChI=1S/C20H22ClFN2O/c1-14(16-7-8-19(22)18(21)12-16)23-20(25)17-6-4-5-15(11-17)13-24-9-2-3-10-24/h4-8,11-12,14H,2-3,9-10,13H2,1H3,(H,23,25). The van der Waals surface area contributed by atoms with Crippen molar-refractivity contribution in [2.45, 2.75) is 32.4 Å². The highest BCUT2D eigenvalue weighted by molar-refractivity contribution is 6.30. The first-order valence-corrected chi connectivity index (χ1v) is 8.98. The van der Waals surface area contributed by atoms with E-state index >= 15 is 0 Å². The molecule has 0 aromatic heterocycles. The van der Waals surface area contributed by atoms with E-state index < -0.39 is 5.82 Å². The average Bonchev–Trinajstić information content (AvgIpc) is 3.10. The molecular formula is C20H22ClFN2O. The second-order valence-electron chi connectivity index (χ2n) is 6.55. The molecule has 1 atom stereocenters. The number of hydrogen-bond acceptors (Lipinski definition) is 2. The number of benzene rings is 2. The summed E-state index contributed by atoms with van der Waals surface area (Å²) in [6.07, 6.45) is 2.50. The molecule has 1 aliphatic rings. The van der Waals surface area contributed by atoms with Gasteiger partial charge in [-0.1, -0.05) is 29.8 Å². The summed E-state index contributed by atoms with van der Waals surface area (Å²) in [5, 5.41) is 3.01. The molecule has 5 heteroatoms. The normalized spacial score (nSPS) is 16.0. The van der Waals surface area contributed by atoms with Gasteiger partial charge in [-0.2, -0.15) is 0 Å². The molecule has 0 spiro atoms. The largest absolute Gasteiger partial charge is 0.346 e. The minimum absolute atomic E-state index is 0.0613. The summed E-state index contributed by atoms with van der Waals surface area (Å²) in [6.45, 7) is 4.98. The maximum atomic E-state index is 13.3. The Morgan fingerprint density at radius 3 is 2.72 bits per heavy atom. The van der Waals surface area contributed by atoms with Crippen molar-refractivity contribution in [1.82, 2.24) is 10.2 Å². The maximum absolute atomic E-state index is 13.3. The Hall–Kier alpha value is -1.91. The zero-order valence-corrected chi connectivity index (χ0v) is 15.0. The first-order valence-electron chi connectivity index (χ1n) is 8.60.